The number of hydrogen-bond donors (Lipinski definition) is 2. The lowest BCUT2D eigenvalue weighted by atomic mass is 10.2. The highest BCUT2D eigenvalue weighted by Crippen LogP contribution is 2.31. The summed E-state index contributed by atoms with van der Waals surface area (Å²) in [6, 6.07) is 1.30. The fourth-order valence-corrected chi connectivity index (χ4v) is 2.61. The molecule has 4 heteroatoms. The van der Waals surface area contributed by atoms with Crippen molar-refractivity contribution in [3.05, 3.63) is 0 Å². The van der Waals surface area contributed by atoms with Gasteiger partial charge in [0.15, 0.2) is 0 Å². The van der Waals surface area contributed by atoms with Crippen LogP contribution in [0.1, 0.15) is 12.8 Å². The molecule has 0 aromatic carbocycles. The van der Waals surface area contributed by atoms with Gasteiger partial charge in [-0.3, -0.25) is 4.31 Å². The lowest BCUT2D eigenvalue weighted by molar-refractivity contribution is 0.225. The molecule has 0 aliphatic carbocycles. The number of nitrogens with zero attached hydrogens (tertiary/aromatic N) is 2. The average Bonchev–Trinajstić information content (AvgIpc) is 2.20. The maximum Gasteiger partial charge on any atom is 0.0341 e. The van der Waals surface area contributed by atoms with Crippen molar-refractivity contribution in [1.29, 1.82) is 0 Å². The van der Waals surface area contributed by atoms with E-state index in [1.54, 1.807) is 0 Å². The van der Waals surface area contributed by atoms with Crippen LogP contribution < -0.4 is 0 Å². The van der Waals surface area contributed by atoms with Crippen LogP contribution in [-0.4, -0.2) is 33.8 Å². The lowest BCUT2D eigenvalue weighted by Gasteiger charge is -2.34. The first-order valence-electron chi connectivity index (χ1n) is 3.68. The second-order valence-corrected chi connectivity index (χ2v) is 4.16. The van der Waals surface area contributed by atoms with Gasteiger partial charge in [-0.1, -0.05) is 25.6 Å². The molecule has 10 heavy (non-hydrogen) atoms. The van der Waals surface area contributed by atoms with Gasteiger partial charge in [0.1, 0.15) is 0 Å². The molecule has 2 saturated heterocycles. The number of thiol groups is 2. The third-order valence-corrected chi connectivity index (χ3v) is 3.40. The van der Waals surface area contributed by atoms with Gasteiger partial charge in [0, 0.05) is 25.2 Å². The van der Waals surface area contributed by atoms with Crippen LogP contribution in [0.25, 0.3) is 0 Å². The lowest BCUT2D eigenvalue weighted by Crippen LogP contribution is -2.45. The van der Waals surface area contributed by atoms with E-state index in [-0.39, 0.29) is 0 Å². The zero-order valence-corrected chi connectivity index (χ0v) is 7.56. The Morgan fingerprint density at radius 1 is 1.00 bits per heavy atom. The van der Waals surface area contributed by atoms with Gasteiger partial charge in [0.25, 0.3) is 0 Å². The summed E-state index contributed by atoms with van der Waals surface area (Å²) in [5.41, 5.74) is 0. The Morgan fingerprint density at radius 3 is 2.00 bits per heavy atom. The van der Waals surface area contributed by atoms with E-state index in [9.17, 15) is 0 Å². The van der Waals surface area contributed by atoms with Crippen LogP contribution in [0, 0.1) is 0 Å². The number of hydrogen-bond acceptors (Lipinski definition) is 4. The van der Waals surface area contributed by atoms with Gasteiger partial charge in [0.05, 0.1) is 0 Å². The zero-order chi connectivity index (χ0) is 7.14. The van der Waals surface area contributed by atoms with Gasteiger partial charge in [-0.2, -0.15) is 0 Å². The molecule has 2 fully saturated rings. The first-order valence-corrected chi connectivity index (χ1v) is 4.48. The molecule has 2 atom stereocenters. The molecule has 2 aliphatic rings. The van der Waals surface area contributed by atoms with E-state index in [2.05, 4.69) is 34.2 Å². The summed E-state index contributed by atoms with van der Waals surface area (Å²) in [6.07, 6.45) is 2.59. The molecule has 0 spiro atoms. The van der Waals surface area contributed by atoms with Gasteiger partial charge in [-0.15, -0.1) is 0 Å². The Bertz CT molecular complexity index is 128. The van der Waals surface area contributed by atoms with Gasteiger partial charge in [0.2, 0.25) is 0 Å². The summed E-state index contributed by atoms with van der Waals surface area (Å²) in [4.78, 5) is 0. The Hall–Kier alpha value is 0.620. The molecule has 0 radical (unpaired) electrons. The maximum absolute atomic E-state index is 4.43. The summed E-state index contributed by atoms with van der Waals surface area (Å²) in [5, 5.41) is 0. The predicted octanol–water partition coefficient (Wildman–Crippen LogP) is 0.825. The molecule has 0 N–H and O–H groups in total. The molecule has 2 unspecified atom stereocenters. The van der Waals surface area contributed by atoms with E-state index in [1.807, 2.05) is 0 Å². The minimum absolute atomic E-state index is 0.652. The zero-order valence-electron chi connectivity index (χ0n) is 5.77. The first-order chi connectivity index (χ1) is 4.77. The number of piperazine rings is 1. The average molecular weight is 176 g/mol. The molecule has 58 valence electrons. The van der Waals surface area contributed by atoms with Crippen molar-refractivity contribution < 1.29 is 0 Å². The standard InChI is InChI=1S/C6H12N2S2/c9-7-3-5-1-2-6(4-7)8(5)10/h5-6,9-10H,1-4H2. The van der Waals surface area contributed by atoms with Gasteiger partial charge in [-0.05, 0) is 12.8 Å². The summed E-state index contributed by atoms with van der Waals surface area (Å²) in [6.45, 7) is 2.15. The van der Waals surface area contributed by atoms with Crippen LogP contribution in [-0.2, 0) is 0 Å². The SMILES string of the molecule is SN1CC2CCC(C1)N2S. The molecular weight excluding hydrogens is 164 g/mol. The summed E-state index contributed by atoms with van der Waals surface area (Å²) < 4.78 is 4.31. The van der Waals surface area contributed by atoms with Crippen LogP contribution in [0.5, 0.6) is 0 Å². The highest BCUT2D eigenvalue weighted by molar-refractivity contribution is 7.78. The molecular formula is C6H12N2S2. The van der Waals surface area contributed by atoms with Crippen molar-refractivity contribution in [3.8, 4) is 0 Å². The van der Waals surface area contributed by atoms with Crippen molar-refractivity contribution in [1.82, 2.24) is 8.61 Å². The van der Waals surface area contributed by atoms with Crippen LogP contribution in [0.2, 0.25) is 0 Å². The van der Waals surface area contributed by atoms with Crippen molar-refractivity contribution >= 4 is 25.6 Å². The van der Waals surface area contributed by atoms with E-state index in [0.717, 1.165) is 13.1 Å². The number of rotatable bonds is 0. The van der Waals surface area contributed by atoms with Crippen molar-refractivity contribution in [2.24, 2.45) is 0 Å². The molecule has 2 rings (SSSR count). The first kappa shape index (κ1) is 7.28. The highest BCUT2D eigenvalue weighted by atomic mass is 32.1. The monoisotopic (exact) mass is 176 g/mol. The third kappa shape index (κ3) is 1.07. The normalized spacial score (nSPS) is 42.6. The van der Waals surface area contributed by atoms with E-state index < -0.39 is 0 Å². The molecule has 2 heterocycles. The van der Waals surface area contributed by atoms with E-state index in [0.29, 0.717) is 12.1 Å². The smallest absolute Gasteiger partial charge is 0.0341 e. The van der Waals surface area contributed by atoms with E-state index in [4.69, 9.17) is 0 Å². The van der Waals surface area contributed by atoms with Gasteiger partial charge >= 0.3 is 0 Å². The van der Waals surface area contributed by atoms with Crippen molar-refractivity contribution in [2.45, 2.75) is 24.9 Å². The molecule has 0 aromatic heterocycles. The Balaban J connectivity index is 2.09. The second kappa shape index (κ2) is 2.59. The van der Waals surface area contributed by atoms with Crippen molar-refractivity contribution in [2.75, 3.05) is 13.1 Å². The Morgan fingerprint density at radius 2 is 1.50 bits per heavy atom. The summed E-state index contributed by atoms with van der Waals surface area (Å²) in [5.74, 6) is 0. The fraction of sp³-hybridized carbons (Fsp3) is 1.00. The highest BCUT2D eigenvalue weighted by Gasteiger charge is 2.37. The minimum atomic E-state index is 0.652. The number of fused-ring (bicyclic) bond motifs is 2. The molecule has 2 aliphatic heterocycles. The fourth-order valence-electron chi connectivity index (χ4n) is 1.86. The second-order valence-electron chi connectivity index (χ2n) is 3.14. The Labute approximate surface area is 72.7 Å². The molecule has 0 amide bonds. The van der Waals surface area contributed by atoms with Crippen LogP contribution in [0.4, 0.5) is 0 Å². The topological polar surface area (TPSA) is 6.48 Å². The molecule has 2 bridgehead atoms. The van der Waals surface area contributed by atoms with Gasteiger partial charge in [-0.25, -0.2) is 4.31 Å². The minimum Gasteiger partial charge on any atom is -0.250 e. The summed E-state index contributed by atoms with van der Waals surface area (Å²) >= 11 is 8.76. The van der Waals surface area contributed by atoms with Gasteiger partial charge < -0.3 is 0 Å². The molecule has 0 saturated carbocycles. The molecule has 0 aromatic rings. The molecule has 2 nitrogen and oxygen atoms in total. The van der Waals surface area contributed by atoms with Crippen LogP contribution >= 0.6 is 25.6 Å². The maximum atomic E-state index is 4.43. The van der Waals surface area contributed by atoms with Crippen LogP contribution in [0.15, 0.2) is 0 Å². The van der Waals surface area contributed by atoms with Crippen LogP contribution in [0.3, 0.4) is 0 Å². The predicted molar refractivity (Wildman–Crippen MR) is 48.2 cm³/mol. The van der Waals surface area contributed by atoms with E-state index >= 15 is 0 Å². The van der Waals surface area contributed by atoms with E-state index in [1.165, 1.54) is 12.8 Å². The quantitative estimate of drug-likeness (QED) is 0.528. The largest absolute Gasteiger partial charge is 0.250 e. The Kier molecular flexibility index (Phi) is 1.88. The third-order valence-electron chi connectivity index (χ3n) is 2.42. The summed E-state index contributed by atoms with van der Waals surface area (Å²) in [7, 11) is 0. The van der Waals surface area contributed by atoms with Crippen molar-refractivity contribution in [3.63, 3.8) is 0 Å².